The van der Waals surface area contributed by atoms with Gasteiger partial charge in [0.25, 0.3) is 0 Å². The summed E-state index contributed by atoms with van der Waals surface area (Å²) in [6.45, 7) is 0. The molecule has 3 N–H and O–H groups in total. The molecular formula is C27H26N7O6S3+. The molecule has 0 unspecified atom stereocenters. The van der Waals surface area contributed by atoms with Gasteiger partial charge < -0.3 is 15.4 Å². The van der Waals surface area contributed by atoms with Crippen LogP contribution in [0.5, 0.6) is 0 Å². The zero-order valence-corrected chi connectivity index (χ0v) is 25.4. The topological polar surface area (TPSA) is 160 Å². The molecule has 0 bridgehead atoms. The number of hydrogen-bond acceptors (Lipinski definition) is 12. The number of aromatic nitrogens is 2. The number of β-lactam (4-membered cyclic amide) rings is 1. The first-order chi connectivity index (χ1) is 20.8. The number of oxime groups is 1. The van der Waals surface area contributed by atoms with E-state index in [1.54, 1.807) is 48.0 Å². The number of rotatable bonds is 9. The number of nitrogens with zero attached hydrogens (tertiary/aromatic N) is 5. The maximum atomic E-state index is 13.2. The number of carbonyl (C=O) groups is 4. The van der Waals surface area contributed by atoms with Gasteiger partial charge in [0.1, 0.15) is 18.5 Å². The lowest BCUT2D eigenvalue weighted by Gasteiger charge is -2.44. The van der Waals surface area contributed by atoms with Gasteiger partial charge in [-0.25, -0.2) is 9.78 Å². The number of nitrogen functional groups attached to an aromatic ring is 1. The van der Waals surface area contributed by atoms with E-state index in [0.717, 1.165) is 16.2 Å². The fourth-order valence-electron chi connectivity index (χ4n) is 4.20. The summed E-state index contributed by atoms with van der Waals surface area (Å²) < 4.78 is 1.67. The number of hydrogen-bond donors (Lipinski definition) is 2. The number of thioether (sulfide) groups is 2. The average Bonchev–Trinajstić information content (AvgIpc) is 3.46. The number of anilines is 1. The molecular weight excluding hydrogens is 615 g/mol. The number of nitrogens with two attached hydrogens (primary N) is 1. The van der Waals surface area contributed by atoms with Crippen molar-refractivity contribution in [1.82, 2.24) is 15.4 Å². The highest BCUT2D eigenvalue weighted by molar-refractivity contribution is 8.01. The monoisotopic (exact) mass is 640 g/mol. The Hall–Kier alpha value is -4.41. The third-order valence-electron chi connectivity index (χ3n) is 6.38. The first-order valence-electron chi connectivity index (χ1n) is 12.7. The van der Waals surface area contributed by atoms with Gasteiger partial charge in [-0.15, -0.1) is 39.9 Å². The summed E-state index contributed by atoms with van der Waals surface area (Å²) >= 11 is 4.13. The van der Waals surface area contributed by atoms with E-state index in [4.69, 9.17) is 15.4 Å². The molecule has 0 aliphatic carbocycles. The lowest BCUT2D eigenvalue weighted by Crippen LogP contribution is -2.57. The molecule has 1 saturated heterocycles. The molecule has 3 aromatic rings. The van der Waals surface area contributed by atoms with Gasteiger partial charge in [-0.05, 0) is 17.7 Å². The van der Waals surface area contributed by atoms with E-state index in [-0.39, 0.29) is 39.4 Å². The fraction of sp³-hybridized carbons (Fsp3) is 0.222. The summed E-state index contributed by atoms with van der Waals surface area (Å²) in [5, 5.41) is 6.72. The van der Waals surface area contributed by atoms with Crippen molar-refractivity contribution in [2.45, 2.75) is 16.7 Å². The normalized spacial score (nSPS) is 16.2. The Balaban J connectivity index is 1.27. The van der Waals surface area contributed by atoms with Crippen LogP contribution in [0.25, 0.3) is 0 Å². The second kappa shape index (κ2) is 13.3. The quantitative estimate of drug-likeness (QED) is 0.116. The molecule has 0 radical (unpaired) electrons. The van der Waals surface area contributed by atoms with Crippen LogP contribution < -0.4 is 20.9 Å². The van der Waals surface area contributed by atoms with Gasteiger partial charge in [0.05, 0.1) is 18.8 Å². The average molecular weight is 641 g/mol. The Morgan fingerprint density at radius 2 is 1.98 bits per heavy atom. The molecule has 1 fully saturated rings. The van der Waals surface area contributed by atoms with Gasteiger partial charge in [-0.1, -0.05) is 28.0 Å². The molecule has 3 amide bonds. The summed E-state index contributed by atoms with van der Waals surface area (Å²) in [4.78, 5) is 67.4. The summed E-state index contributed by atoms with van der Waals surface area (Å²) in [5.74, 6) is -1.21. The molecule has 2 aromatic heterocycles. The Bertz CT molecular complexity index is 1610. The third kappa shape index (κ3) is 6.65. The summed E-state index contributed by atoms with van der Waals surface area (Å²) in [6, 6.07) is 12.7. The number of pyridine rings is 1. The summed E-state index contributed by atoms with van der Waals surface area (Å²) in [7, 11) is 2.94. The first-order valence-corrected chi connectivity index (χ1v) is 15.7. The zero-order chi connectivity index (χ0) is 30.5. The molecule has 2 aliphatic rings. The molecule has 43 heavy (non-hydrogen) atoms. The van der Waals surface area contributed by atoms with Crippen LogP contribution in [-0.2, 0) is 24.1 Å². The minimum Gasteiger partial charge on any atom is -0.398 e. The minimum absolute atomic E-state index is 0.107. The van der Waals surface area contributed by atoms with Crippen LogP contribution in [0.1, 0.15) is 22.5 Å². The zero-order valence-electron chi connectivity index (χ0n) is 23.0. The molecule has 1 aromatic carbocycles. The second-order valence-electron chi connectivity index (χ2n) is 9.10. The Kier molecular flexibility index (Phi) is 9.27. The van der Waals surface area contributed by atoms with Crippen molar-refractivity contribution in [3.8, 4) is 0 Å². The molecule has 2 aliphatic heterocycles. The Morgan fingerprint density at radius 1 is 1.23 bits per heavy atom. The van der Waals surface area contributed by atoms with Crippen molar-refractivity contribution < 1.29 is 33.5 Å². The number of nitrogens with one attached hydrogen (secondary N) is 1. The van der Waals surface area contributed by atoms with Gasteiger partial charge in [0, 0.05) is 39.5 Å². The van der Waals surface area contributed by atoms with Gasteiger partial charge in [0.15, 0.2) is 10.8 Å². The smallest absolute Gasteiger partial charge is 0.379 e. The SMILES string of the molecule is CO/N=C(\C(=O)NOC(=O)C1=C(CSc2cc[n+](N(C)C(=O)c3ccccc3)cc2)CS[C@H]2CC(=O)N12)c1csc(N)n1. The van der Waals surface area contributed by atoms with E-state index >= 15 is 0 Å². The highest BCUT2D eigenvalue weighted by Gasteiger charge is 2.46. The molecule has 4 heterocycles. The largest absolute Gasteiger partial charge is 0.398 e. The number of hydroxylamine groups is 1. The van der Waals surface area contributed by atoms with E-state index in [0.29, 0.717) is 29.1 Å². The van der Waals surface area contributed by atoms with E-state index < -0.39 is 11.9 Å². The highest BCUT2D eigenvalue weighted by Crippen LogP contribution is 2.41. The van der Waals surface area contributed by atoms with Crippen molar-refractivity contribution in [2.24, 2.45) is 5.16 Å². The van der Waals surface area contributed by atoms with Gasteiger partial charge in [-0.3, -0.25) is 19.3 Å². The van der Waals surface area contributed by atoms with E-state index in [1.165, 1.54) is 34.2 Å². The molecule has 16 heteroatoms. The predicted molar refractivity (Wildman–Crippen MR) is 161 cm³/mol. The van der Waals surface area contributed by atoms with Crippen LogP contribution in [0.4, 0.5) is 5.13 Å². The lowest BCUT2D eigenvalue weighted by molar-refractivity contribution is -0.679. The van der Waals surface area contributed by atoms with Gasteiger partial charge in [-0.2, -0.15) is 5.48 Å². The number of carbonyl (C=O) groups excluding carboxylic acids is 4. The Morgan fingerprint density at radius 3 is 2.63 bits per heavy atom. The molecule has 13 nitrogen and oxygen atoms in total. The standard InChI is InChI=1S/C27H25N7O6S3/c1-32(25(37)16-6-4-3-5-7-16)33-10-8-18(9-11-33)41-13-17-14-42-21-12-20(35)34(21)23(17)26(38)40-31-24(36)22(30-39-2)19-15-43-27(28)29-19/h3-11,15,21H,12-14H2,1-2H3,(H2-,28,29,31,36)/p+1/b30-22-/t21-/m0/s1. The van der Waals surface area contributed by atoms with Crippen molar-refractivity contribution in [1.29, 1.82) is 0 Å². The maximum Gasteiger partial charge on any atom is 0.379 e. The summed E-state index contributed by atoms with van der Waals surface area (Å²) in [6.07, 6.45) is 3.85. The molecule has 0 spiro atoms. The maximum absolute atomic E-state index is 13.2. The lowest BCUT2D eigenvalue weighted by atomic mass is 10.1. The number of benzene rings is 1. The number of thiazole rings is 1. The first kappa shape index (κ1) is 30.1. The van der Waals surface area contributed by atoms with E-state index in [2.05, 4.69) is 15.6 Å². The van der Waals surface area contributed by atoms with Crippen LogP contribution >= 0.6 is 34.9 Å². The van der Waals surface area contributed by atoms with E-state index in [9.17, 15) is 19.2 Å². The van der Waals surface area contributed by atoms with E-state index in [1.807, 2.05) is 30.3 Å². The summed E-state index contributed by atoms with van der Waals surface area (Å²) in [5.41, 5.74) is 9.02. The Labute approximate surface area is 258 Å². The fourth-order valence-corrected chi connectivity index (χ4v) is 7.04. The number of fused-ring (bicyclic) bond motifs is 1. The molecule has 222 valence electrons. The van der Waals surface area contributed by atoms with Crippen LogP contribution in [0.15, 0.2) is 81.6 Å². The van der Waals surface area contributed by atoms with Crippen LogP contribution in [0.3, 0.4) is 0 Å². The van der Waals surface area contributed by atoms with Crippen molar-refractivity contribution >= 4 is 69.4 Å². The minimum atomic E-state index is -0.873. The van der Waals surface area contributed by atoms with Crippen molar-refractivity contribution in [3.63, 3.8) is 0 Å². The van der Waals surface area contributed by atoms with Crippen LogP contribution in [0.2, 0.25) is 0 Å². The third-order valence-corrected chi connectivity index (χ3v) is 9.43. The molecule has 0 saturated carbocycles. The highest BCUT2D eigenvalue weighted by atomic mass is 32.2. The second-order valence-corrected chi connectivity index (χ2v) is 12.2. The van der Waals surface area contributed by atoms with Gasteiger partial charge in [0.2, 0.25) is 18.3 Å². The van der Waals surface area contributed by atoms with Crippen molar-refractivity contribution in [2.75, 3.05) is 36.4 Å². The molecule has 5 rings (SSSR count). The number of amides is 3. The molecule has 1 atom stereocenters. The van der Waals surface area contributed by atoms with Crippen LogP contribution in [0, 0.1) is 0 Å². The van der Waals surface area contributed by atoms with Crippen molar-refractivity contribution in [3.05, 3.63) is 82.8 Å². The van der Waals surface area contributed by atoms with Gasteiger partial charge >= 0.3 is 17.8 Å². The predicted octanol–water partition coefficient (Wildman–Crippen LogP) is 1.70. The van der Waals surface area contributed by atoms with Crippen LogP contribution in [-0.4, -0.2) is 70.3 Å².